The molecule has 60 valence electrons. The molecule has 0 unspecified atom stereocenters. The van der Waals surface area contributed by atoms with Crippen LogP contribution in [0.15, 0.2) is 22.7 Å². The molecule has 0 aromatic heterocycles. The van der Waals surface area contributed by atoms with Gasteiger partial charge in [-0.05, 0) is 29.7 Å². The monoisotopic (exact) mass is 230 g/mol. The topological polar surface area (TPSA) is 0 Å². The lowest BCUT2D eigenvalue weighted by atomic mass is 10.1. The molecule has 11 heavy (non-hydrogen) atoms. The van der Waals surface area contributed by atoms with Gasteiger partial charge in [-0.1, -0.05) is 28.9 Å². The first kappa shape index (κ1) is 9.14. The first-order valence-electron chi connectivity index (χ1n) is 3.66. The van der Waals surface area contributed by atoms with Gasteiger partial charge < -0.3 is 0 Å². The quantitative estimate of drug-likeness (QED) is 0.740. The van der Waals surface area contributed by atoms with Crippen molar-refractivity contribution in [1.82, 2.24) is 0 Å². The lowest BCUT2D eigenvalue weighted by molar-refractivity contribution is 1.10. The lowest BCUT2D eigenvalue weighted by Crippen LogP contribution is -1.88. The van der Waals surface area contributed by atoms with Crippen molar-refractivity contribution in [2.45, 2.75) is 19.1 Å². The highest BCUT2D eigenvalue weighted by Gasteiger charge is 1.98. The molecule has 0 saturated carbocycles. The summed E-state index contributed by atoms with van der Waals surface area (Å²) in [6, 6.07) is 6.35. The van der Waals surface area contributed by atoms with Crippen molar-refractivity contribution in [1.29, 1.82) is 0 Å². The third-order valence-corrected chi connectivity index (χ3v) is 2.55. The summed E-state index contributed by atoms with van der Waals surface area (Å²) in [4.78, 5) is 0. The predicted octanol–water partition coefficient (Wildman–Crippen LogP) is 3.44. The summed E-state index contributed by atoms with van der Waals surface area (Å²) < 4.78 is 1.14. The Labute approximate surface area is 81.5 Å². The van der Waals surface area contributed by atoms with Crippen LogP contribution in [-0.4, -0.2) is 0 Å². The van der Waals surface area contributed by atoms with Crippen molar-refractivity contribution in [2.75, 3.05) is 0 Å². The molecule has 0 fully saturated rings. The van der Waals surface area contributed by atoms with Crippen LogP contribution in [0.5, 0.6) is 0 Å². The van der Waals surface area contributed by atoms with Crippen LogP contribution in [0.3, 0.4) is 0 Å². The minimum atomic E-state index is 0.822. The summed E-state index contributed by atoms with van der Waals surface area (Å²) in [5.74, 6) is 0.822. The van der Waals surface area contributed by atoms with Crippen molar-refractivity contribution >= 4 is 28.6 Å². The summed E-state index contributed by atoms with van der Waals surface area (Å²) in [7, 11) is 0. The van der Waals surface area contributed by atoms with Gasteiger partial charge in [0.25, 0.3) is 0 Å². The molecule has 1 aromatic carbocycles. The highest BCUT2D eigenvalue weighted by molar-refractivity contribution is 9.10. The molecule has 1 aromatic rings. The maximum atomic E-state index is 4.26. The summed E-state index contributed by atoms with van der Waals surface area (Å²) in [5, 5.41) is 0. The second-order valence-corrected chi connectivity index (χ2v) is 3.66. The van der Waals surface area contributed by atoms with Crippen LogP contribution >= 0.6 is 28.6 Å². The van der Waals surface area contributed by atoms with E-state index >= 15 is 0 Å². The Morgan fingerprint density at radius 2 is 2.09 bits per heavy atom. The average Bonchev–Trinajstić information content (AvgIpc) is 2.04. The molecule has 0 nitrogen and oxygen atoms in total. The van der Waals surface area contributed by atoms with E-state index < -0.39 is 0 Å². The summed E-state index contributed by atoms with van der Waals surface area (Å²) in [6.07, 6.45) is 1.09. The van der Waals surface area contributed by atoms with Gasteiger partial charge in [-0.3, -0.25) is 0 Å². The van der Waals surface area contributed by atoms with Crippen molar-refractivity contribution in [3.8, 4) is 0 Å². The van der Waals surface area contributed by atoms with Crippen LogP contribution in [0.1, 0.15) is 18.1 Å². The van der Waals surface area contributed by atoms with Crippen LogP contribution in [0.4, 0.5) is 0 Å². The first-order chi connectivity index (χ1) is 5.27. The molecule has 1 rings (SSSR count). The molecular formula is C9H11BrS. The number of halogens is 1. The molecule has 0 aliphatic heterocycles. The highest BCUT2D eigenvalue weighted by atomic mass is 79.9. The first-order valence-corrected chi connectivity index (χ1v) is 5.08. The average molecular weight is 231 g/mol. The zero-order valence-electron chi connectivity index (χ0n) is 6.47. The molecule has 0 amide bonds. The fourth-order valence-corrected chi connectivity index (χ4v) is 1.79. The number of hydrogen-bond acceptors (Lipinski definition) is 1. The van der Waals surface area contributed by atoms with E-state index in [-0.39, 0.29) is 0 Å². The van der Waals surface area contributed by atoms with Crippen LogP contribution in [0.25, 0.3) is 0 Å². The van der Waals surface area contributed by atoms with Crippen molar-refractivity contribution < 1.29 is 0 Å². The summed E-state index contributed by atoms with van der Waals surface area (Å²) >= 11 is 7.69. The van der Waals surface area contributed by atoms with Gasteiger partial charge in [-0.2, -0.15) is 12.6 Å². The van der Waals surface area contributed by atoms with Gasteiger partial charge in [0.2, 0.25) is 0 Å². The smallest absolute Gasteiger partial charge is 0.0178 e. The van der Waals surface area contributed by atoms with E-state index in [1.807, 2.05) is 0 Å². The summed E-state index contributed by atoms with van der Waals surface area (Å²) in [6.45, 7) is 2.16. The van der Waals surface area contributed by atoms with Crippen LogP contribution in [-0.2, 0) is 12.2 Å². The number of thiol groups is 1. The molecule has 0 aliphatic rings. The van der Waals surface area contributed by atoms with Gasteiger partial charge >= 0.3 is 0 Å². The van der Waals surface area contributed by atoms with E-state index in [9.17, 15) is 0 Å². The Morgan fingerprint density at radius 1 is 1.36 bits per heavy atom. The molecular weight excluding hydrogens is 220 g/mol. The molecule has 0 N–H and O–H groups in total. The SMILES string of the molecule is CCc1ccc(Br)cc1CS. The number of hydrogen-bond donors (Lipinski definition) is 1. The van der Waals surface area contributed by atoms with Crippen LogP contribution in [0, 0.1) is 0 Å². The van der Waals surface area contributed by atoms with Crippen LogP contribution in [0.2, 0.25) is 0 Å². The van der Waals surface area contributed by atoms with E-state index in [0.29, 0.717) is 0 Å². The maximum Gasteiger partial charge on any atom is 0.0178 e. The molecule has 0 bridgehead atoms. The largest absolute Gasteiger partial charge is 0.175 e. The third-order valence-electron chi connectivity index (χ3n) is 1.72. The summed E-state index contributed by atoms with van der Waals surface area (Å²) in [5.41, 5.74) is 2.72. The Balaban J connectivity index is 3.06. The molecule has 0 atom stereocenters. The Morgan fingerprint density at radius 3 is 2.64 bits per heavy atom. The zero-order chi connectivity index (χ0) is 8.27. The standard InChI is InChI=1S/C9H11BrS/c1-2-7-3-4-9(10)5-8(7)6-11/h3-5,11H,2,6H2,1H3. The van der Waals surface area contributed by atoms with E-state index in [0.717, 1.165) is 16.6 Å². The van der Waals surface area contributed by atoms with Crippen molar-refractivity contribution in [2.24, 2.45) is 0 Å². The highest BCUT2D eigenvalue weighted by Crippen LogP contribution is 2.18. The van der Waals surface area contributed by atoms with Gasteiger partial charge in [-0.25, -0.2) is 0 Å². The second-order valence-electron chi connectivity index (χ2n) is 2.42. The minimum absolute atomic E-state index is 0.822. The number of aryl methyl sites for hydroxylation is 1. The lowest BCUT2D eigenvalue weighted by Gasteiger charge is -2.04. The Hall–Kier alpha value is 0.0500. The van der Waals surface area contributed by atoms with Gasteiger partial charge in [-0.15, -0.1) is 0 Å². The van der Waals surface area contributed by atoms with E-state index in [4.69, 9.17) is 0 Å². The van der Waals surface area contributed by atoms with Crippen LogP contribution < -0.4 is 0 Å². The molecule has 2 heteroatoms. The molecule has 0 aliphatic carbocycles. The molecule has 0 radical (unpaired) electrons. The van der Waals surface area contributed by atoms with Crippen molar-refractivity contribution in [3.05, 3.63) is 33.8 Å². The third kappa shape index (κ3) is 2.24. The fraction of sp³-hybridized carbons (Fsp3) is 0.333. The number of rotatable bonds is 2. The van der Waals surface area contributed by atoms with Gasteiger partial charge in [0.1, 0.15) is 0 Å². The maximum absolute atomic E-state index is 4.26. The predicted molar refractivity (Wildman–Crippen MR) is 56.2 cm³/mol. The van der Waals surface area contributed by atoms with Gasteiger partial charge in [0, 0.05) is 10.2 Å². The van der Waals surface area contributed by atoms with Gasteiger partial charge in [0.05, 0.1) is 0 Å². The molecule has 0 heterocycles. The fourth-order valence-electron chi connectivity index (χ4n) is 1.09. The minimum Gasteiger partial charge on any atom is -0.175 e. The molecule has 0 saturated heterocycles. The van der Waals surface area contributed by atoms with Gasteiger partial charge in [0.15, 0.2) is 0 Å². The zero-order valence-corrected chi connectivity index (χ0v) is 8.95. The Kier molecular flexibility index (Phi) is 3.46. The van der Waals surface area contributed by atoms with E-state index in [1.165, 1.54) is 11.1 Å². The van der Waals surface area contributed by atoms with E-state index in [1.54, 1.807) is 0 Å². The van der Waals surface area contributed by atoms with Crippen molar-refractivity contribution in [3.63, 3.8) is 0 Å². The second kappa shape index (κ2) is 4.17. The van der Waals surface area contributed by atoms with E-state index in [2.05, 4.69) is 53.7 Å². The number of benzene rings is 1. The Bertz CT molecular complexity index is 245. The molecule has 0 spiro atoms. The normalized spacial score (nSPS) is 10.1.